The van der Waals surface area contributed by atoms with E-state index in [1.165, 1.54) is 11.1 Å². The fraction of sp³-hybridized carbons (Fsp3) is 0.304. The van der Waals surface area contributed by atoms with E-state index in [9.17, 15) is 4.79 Å². The standard InChI is InChI=1S/C46H51N2O3/c1-7-33(29-32(6)34-17-13-12-14-18-34)35-21-25-38(26-22-35)50-46(49)40-20-16-15-19-39(40)45-41-27-23-36(47(8-2)9-3)30-43(41)51-44-31-37(24-28-42(44)45)48(10-4)11-5/h12-28,30-33H,7-11,29H2,1-6H3/q+1. The molecular formula is C46H51N2O3+. The summed E-state index contributed by atoms with van der Waals surface area (Å²) < 4.78 is 15.1. The van der Waals surface area contributed by atoms with Crippen molar-refractivity contribution >= 4 is 22.6 Å². The predicted octanol–water partition coefficient (Wildman–Crippen LogP) is 10.8. The molecule has 4 aromatic carbocycles. The van der Waals surface area contributed by atoms with Gasteiger partial charge >= 0.3 is 5.97 Å². The van der Waals surface area contributed by atoms with Crippen LogP contribution in [0.3, 0.4) is 0 Å². The molecule has 4 aromatic rings. The zero-order valence-electron chi connectivity index (χ0n) is 31.0. The second kappa shape index (κ2) is 16.2. The number of benzene rings is 5. The third kappa shape index (κ3) is 7.63. The maximum Gasteiger partial charge on any atom is 0.344 e. The highest BCUT2D eigenvalue weighted by atomic mass is 16.5. The summed E-state index contributed by atoms with van der Waals surface area (Å²) in [6.07, 6.45) is 2.10. The summed E-state index contributed by atoms with van der Waals surface area (Å²) in [7, 11) is 0. The lowest BCUT2D eigenvalue weighted by Gasteiger charge is -2.22. The molecule has 5 heteroatoms. The Bertz CT molecular complexity index is 2120. The number of ether oxygens (including phenoxy) is 1. The topological polar surface area (TPSA) is 45.7 Å². The lowest BCUT2D eigenvalue weighted by atomic mass is 9.84. The minimum atomic E-state index is -0.385. The average molecular weight is 680 g/mol. The van der Waals surface area contributed by atoms with Crippen molar-refractivity contribution in [3.8, 4) is 28.2 Å². The Balaban J connectivity index is 1.37. The Hall–Kier alpha value is -5.16. The Morgan fingerprint density at radius 1 is 0.745 bits per heavy atom. The van der Waals surface area contributed by atoms with Crippen molar-refractivity contribution in [2.45, 2.75) is 66.2 Å². The van der Waals surface area contributed by atoms with Crippen LogP contribution in [0.5, 0.6) is 5.75 Å². The van der Waals surface area contributed by atoms with Crippen molar-refractivity contribution < 1.29 is 13.9 Å². The number of esters is 1. The third-order valence-electron chi connectivity index (χ3n) is 10.4. The number of fused-ring (bicyclic) bond motifs is 2. The van der Waals surface area contributed by atoms with Gasteiger partial charge in [-0.2, -0.15) is 0 Å². The molecule has 1 heterocycles. The maximum absolute atomic E-state index is 14.0. The lowest BCUT2D eigenvalue weighted by molar-refractivity contribution is 0.0735. The van der Waals surface area contributed by atoms with Gasteiger partial charge in [-0.1, -0.05) is 74.5 Å². The van der Waals surface area contributed by atoms with E-state index in [-0.39, 0.29) is 5.97 Å². The van der Waals surface area contributed by atoms with Crippen molar-refractivity contribution in [3.63, 3.8) is 0 Å². The SMILES string of the molecule is CCC(CC(C)c1ccccc1)c1ccc(OC(=O)c2ccccc2-c2c3ccc(=[N+](CC)CC)cc-3oc3cc(N(CC)CC)ccc23)cc1. The molecule has 0 aromatic heterocycles. The Kier molecular flexibility index (Phi) is 11.4. The summed E-state index contributed by atoms with van der Waals surface area (Å²) in [6, 6.07) is 39.4. The Morgan fingerprint density at radius 3 is 2.14 bits per heavy atom. The molecule has 262 valence electrons. The highest BCUT2D eigenvalue weighted by Gasteiger charge is 2.24. The quantitative estimate of drug-likeness (QED) is 0.0527. The van der Waals surface area contributed by atoms with Crippen molar-refractivity contribution in [1.82, 2.24) is 4.58 Å². The van der Waals surface area contributed by atoms with Gasteiger partial charge in [-0.15, -0.1) is 0 Å². The summed E-state index contributed by atoms with van der Waals surface area (Å²) in [4.78, 5) is 16.4. The second-order valence-electron chi connectivity index (χ2n) is 13.3. The number of hydrogen-bond acceptors (Lipinski definition) is 4. The first-order chi connectivity index (χ1) is 24.9. The van der Waals surface area contributed by atoms with Gasteiger partial charge in [-0.25, -0.2) is 9.37 Å². The number of rotatable bonds is 13. The van der Waals surface area contributed by atoms with Crippen LogP contribution in [0.15, 0.2) is 120 Å². The number of carbonyl (C=O) groups is 1. The second-order valence-corrected chi connectivity index (χ2v) is 13.3. The number of nitrogens with zero attached hydrogens (tertiary/aromatic N) is 2. The monoisotopic (exact) mass is 679 g/mol. The van der Waals surface area contributed by atoms with Gasteiger partial charge in [0.2, 0.25) is 5.36 Å². The van der Waals surface area contributed by atoms with Crippen LogP contribution in [0.1, 0.15) is 87.7 Å². The van der Waals surface area contributed by atoms with E-state index in [1.807, 2.05) is 36.4 Å². The van der Waals surface area contributed by atoms with Crippen LogP contribution in [0.4, 0.5) is 5.69 Å². The van der Waals surface area contributed by atoms with Crippen molar-refractivity contribution in [1.29, 1.82) is 0 Å². The van der Waals surface area contributed by atoms with Gasteiger partial charge in [0.05, 0.1) is 11.6 Å². The van der Waals surface area contributed by atoms with Crippen LogP contribution >= 0.6 is 0 Å². The molecule has 2 atom stereocenters. The molecule has 0 saturated carbocycles. The molecule has 1 aliphatic heterocycles. The van der Waals surface area contributed by atoms with Crippen LogP contribution < -0.4 is 19.6 Å². The van der Waals surface area contributed by atoms with Gasteiger partial charge in [-0.3, -0.25) is 0 Å². The van der Waals surface area contributed by atoms with Crippen LogP contribution in [-0.4, -0.2) is 32.1 Å². The Labute approximate surface area is 303 Å². The van der Waals surface area contributed by atoms with Gasteiger partial charge < -0.3 is 14.1 Å². The molecule has 51 heavy (non-hydrogen) atoms. The molecular weight excluding hydrogens is 629 g/mol. The number of anilines is 1. The van der Waals surface area contributed by atoms with Crippen molar-refractivity contribution in [3.05, 3.63) is 137 Å². The first-order valence-electron chi connectivity index (χ1n) is 18.7. The van der Waals surface area contributed by atoms with E-state index in [2.05, 4.69) is 130 Å². The van der Waals surface area contributed by atoms with Gasteiger partial charge in [-0.05, 0) is 105 Å². The molecule has 0 amide bonds. The van der Waals surface area contributed by atoms with Gasteiger partial charge in [0.1, 0.15) is 30.2 Å². The fourth-order valence-electron chi connectivity index (χ4n) is 7.46. The summed E-state index contributed by atoms with van der Waals surface area (Å²) >= 11 is 0. The first kappa shape index (κ1) is 35.7. The zero-order valence-corrected chi connectivity index (χ0v) is 31.0. The lowest BCUT2D eigenvalue weighted by Crippen LogP contribution is -2.29. The molecule has 2 aliphatic rings. The van der Waals surface area contributed by atoms with E-state index in [1.54, 1.807) is 0 Å². The normalized spacial score (nSPS) is 12.5. The molecule has 0 spiro atoms. The van der Waals surface area contributed by atoms with Crippen molar-refractivity contribution in [2.24, 2.45) is 0 Å². The fourth-order valence-corrected chi connectivity index (χ4v) is 7.46. The predicted molar refractivity (Wildman–Crippen MR) is 212 cm³/mol. The van der Waals surface area contributed by atoms with Crippen LogP contribution in [-0.2, 0) is 0 Å². The molecule has 1 aliphatic carbocycles. The average Bonchev–Trinajstić information content (AvgIpc) is 3.17. The molecule has 0 fully saturated rings. The third-order valence-corrected chi connectivity index (χ3v) is 10.4. The van der Waals surface area contributed by atoms with Gasteiger partial charge in [0.25, 0.3) is 0 Å². The molecule has 2 unspecified atom stereocenters. The van der Waals surface area contributed by atoms with E-state index in [0.717, 1.165) is 83.5 Å². The highest BCUT2D eigenvalue weighted by molar-refractivity contribution is 6.08. The molecule has 0 N–H and O–H groups in total. The van der Waals surface area contributed by atoms with Crippen LogP contribution in [0, 0.1) is 0 Å². The zero-order chi connectivity index (χ0) is 35.9. The number of hydrogen-bond donors (Lipinski definition) is 0. The van der Waals surface area contributed by atoms with E-state index >= 15 is 0 Å². The van der Waals surface area contributed by atoms with Crippen LogP contribution in [0.2, 0.25) is 0 Å². The minimum Gasteiger partial charge on any atom is -0.456 e. The first-order valence-corrected chi connectivity index (χ1v) is 18.7. The van der Waals surface area contributed by atoms with Crippen molar-refractivity contribution in [2.75, 3.05) is 31.1 Å². The van der Waals surface area contributed by atoms with Gasteiger partial charge in [0, 0.05) is 47.4 Å². The summed E-state index contributed by atoms with van der Waals surface area (Å²) in [5.74, 6) is 1.81. The van der Waals surface area contributed by atoms with E-state index in [4.69, 9.17) is 9.15 Å². The van der Waals surface area contributed by atoms with E-state index < -0.39 is 0 Å². The molecule has 0 radical (unpaired) electrons. The minimum absolute atomic E-state index is 0.385. The van der Waals surface area contributed by atoms with Crippen LogP contribution in [0.25, 0.3) is 33.4 Å². The highest BCUT2D eigenvalue weighted by Crippen LogP contribution is 2.42. The molecule has 5 nitrogen and oxygen atoms in total. The summed E-state index contributed by atoms with van der Waals surface area (Å²) in [6.45, 7) is 16.8. The summed E-state index contributed by atoms with van der Waals surface area (Å²) in [5, 5.41) is 2.06. The molecule has 0 saturated heterocycles. The Morgan fingerprint density at radius 2 is 1.45 bits per heavy atom. The molecule has 6 rings (SSSR count). The van der Waals surface area contributed by atoms with E-state index in [0.29, 0.717) is 23.1 Å². The van der Waals surface area contributed by atoms with Gasteiger partial charge in [0.15, 0.2) is 0 Å². The number of carbonyl (C=O) groups excluding carboxylic acids is 1. The summed E-state index contributed by atoms with van der Waals surface area (Å²) in [5.41, 5.74) is 7.76. The maximum atomic E-state index is 14.0. The smallest absolute Gasteiger partial charge is 0.344 e. The largest absolute Gasteiger partial charge is 0.456 e. The molecule has 0 bridgehead atoms.